The van der Waals surface area contributed by atoms with Gasteiger partial charge in [-0.1, -0.05) is 0 Å². The van der Waals surface area contributed by atoms with Crippen LogP contribution in [-0.2, 0) is 14.3 Å². The third-order valence-corrected chi connectivity index (χ3v) is 4.34. The smallest absolute Gasteiger partial charge is 0.311 e. The number of aryl methyl sites for hydroxylation is 1. The molecule has 0 radical (unpaired) electrons. The maximum absolute atomic E-state index is 12.3. The minimum atomic E-state index is -0.357. The fourth-order valence-corrected chi connectivity index (χ4v) is 3.09. The highest BCUT2D eigenvalue weighted by atomic mass is 16.5. The molecule has 23 heavy (non-hydrogen) atoms. The van der Waals surface area contributed by atoms with Crippen LogP contribution in [-0.4, -0.2) is 38.1 Å². The van der Waals surface area contributed by atoms with E-state index >= 15 is 0 Å². The Hall–Kier alpha value is -2.04. The molecule has 1 atom stereocenters. The fraction of sp³-hybridized carbons (Fsp3) is 0.556. The van der Waals surface area contributed by atoms with E-state index in [-0.39, 0.29) is 24.2 Å². The van der Waals surface area contributed by atoms with Gasteiger partial charge < -0.3 is 14.5 Å². The highest BCUT2D eigenvalue weighted by molar-refractivity contribution is 6.00. The molecule has 0 N–H and O–H groups in total. The minimum Gasteiger partial charge on any atom is -0.466 e. The summed E-state index contributed by atoms with van der Waals surface area (Å²) in [4.78, 5) is 28.1. The maximum atomic E-state index is 12.3. The Morgan fingerprint density at radius 1 is 1.30 bits per heavy atom. The zero-order chi connectivity index (χ0) is 17.0. The van der Waals surface area contributed by atoms with Gasteiger partial charge in [0.2, 0.25) is 5.91 Å². The lowest BCUT2D eigenvalue weighted by atomic mass is 10.1. The molecule has 0 saturated carbocycles. The summed E-state index contributed by atoms with van der Waals surface area (Å²) in [7, 11) is 0. The molecule has 0 bridgehead atoms. The molecule has 1 aromatic carbocycles. The quantitative estimate of drug-likeness (QED) is 0.757. The number of hydrogen-bond donors (Lipinski definition) is 0. The molecule has 0 unspecified atom stereocenters. The van der Waals surface area contributed by atoms with Crippen molar-refractivity contribution in [2.75, 3.05) is 36.0 Å². The van der Waals surface area contributed by atoms with Gasteiger partial charge in [-0.05, 0) is 51.5 Å². The monoisotopic (exact) mass is 318 g/mol. The van der Waals surface area contributed by atoms with Gasteiger partial charge in [-0.15, -0.1) is 0 Å². The summed E-state index contributed by atoms with van der Waals surface area (Å²) >= 11 is 0. The Bertz CT molecular complexity index is 582. The van der Waals surface area contributed by atoms with Gasteiger partial charge in [-0.3, -0.25) is 9.59 Å². The molecule has 1 aromatic rings. The van der Waals surface area contributed by atoms with Crippen molar-refractivity contribution < 1.29 is 14.3 Å². The number of carbonyl (C=O) groups is 2. The number of anilines is 2. The van der Waals surface area contributed by atoms with E-state index in [0.29, 0.717) is 13.2 Å². The van der Waals surface area contributed by atoms with E-state index in [1.54, 1.807) is 11.8 Å². The van der Waals surface area contributed by atoms with Crippen LogP contribution >= 0.6 is 0 Å². The largest absolute Gasteiger partial charge is 0.466 e. The van der Waals surface area contributed by atoms with Gasteiger partial charge in [0.05, 0.1) is 12.5 Å². The first-order chi connectivity index (χ1) is 11.0. The fourth-order valence-electron chi connectivity index (χ4n) is 3.09. The Labute approximate surface area is 138 Å². The minimum absolute atomic E-state index is 0.0123. The van der Waals surface area contributed by atoms with Crippen molar-refractivity contribution in [3.05, 3.63) is 23.8 Å². The van der Waals surface area contributed by atoms with E-state index in [1.165, 1.54) is 0 Å². The van der Waals surface area contributed by atoms with Crippen LogP contribution in [0.4, 0.5) is 11.4 Å². The topological polar surface area (TPSA) is 49.9 Å². The standard InChI is InChI=1S/C18H26N2O3/c1-5-19(6-2)15-8-9-16(13(4)10-15)20-12-14(11-17(20)21)18(22)23-7-3/h8-10,14H,5-7,11-12H2,1-4H3/t14-/m1/s1. The lowest BCUT2D eigenvalue weighted by Crippen LogP contribution is -2.27. The number of ether oxygens (including phenoxy) is 1. The van der Waals surface area contributed by atoms with Gasteiger partial charge >= 0.3 is 5.97 Å². The van der Waals surface area contributed by atoms with Crippen molar-refractivity contribution in [2.24, 2.45) is 5.92 Å². The van der Waals surface area contributed by atoms with Crippen molar-refractivity contribution in [3.63, 3.8) is 0 Å². The highest BCUT2D eigenvalue weighted by Gasteiger charge is 2.36. The normalized spacial score (nSPS) is 17.5. The first kappa shape index (κ1) is 17.3. The van der Waals surface area contributed by atoms with Crippen molar-refractivity contribution in [1.29, 1.82) is 0 Å². The SMILES string of the molecule is CCOC(=O)[C@@H]1CC(=O)N(c2ccc(N(CC)CC)cc2C)C1. The summed E-state index contributed by atoms with van der Waals surface area (Å²) in [6.45, 7) is 10.7. The van der Waals surface area contributed by atoms with Gasteiger partial charge in [0, 0.05) is 37.4 Å². The first-order valence-electron chi connectivity index (χ1n) is 8.34. The molecule has 0 aliphatic carbocycles. The van der Waals surface area contributed by atoms with E-state index in [0.717, 1.165) is 30.0 Å². The number of nitrogens with zero attached hydrogens (tertiary/aromatic N) is 2. The number of hydrogen-bond acceptors (Lipinski definition) is 4. The second kappa shape index (κ2) is 7.49. The summed E-state index contributed by atoms with van der Waals surface area (Å²) in [5.41, 5.74) is 3.09. The Morgan fingerprint density at radius 2 is 2.00 bits per heavy atom. The van der Waals surface area contributed by atoms with E-state index in [9.17, 15) is 9.59 Å². The second-order valence-corrected chi connectivity index (χ2v) is 5.80. The van der Waals surface area contributed by atoms with Crippen LogP contribution in [0.3, 0.4) is 0 Å². The van der Waals surface area contributed by atoms with E-state index < -0.39 is 0 Å². The van der Waals surface area contributed by atoms with Crippen LogP contribution in [0.25, 0.3) is 0 Å². The molecule has 1 saturated heterocycles. The Morgan fingerprint density at radius 3 is 2.57 bits per heavy atom. The van der Waals surface area contributed by atoms with Crippen LogP contribution < -0.4 is 9.80 Å². The Balaban J connectivity index is 2.19. The van der Waals surface area contributed by atoms with Crippen molar-refractivity contribution in [3.8, 4) is 0 Å². The molecule has 1 fully saturated rings. The van der Waals surface area contributed by atoms with Crippen LogP contribution in [0, 0.1) is 12.8 Å². The van der Waals surface area contributed by atoms with Crippen molar-refractivity contribution >= 4 is 23.3 Å². The number of rotatable bonds is 6. The van der Waals surface area contributed by atoms with E-state index in [1.807, 2.05) is 19.1 Å². The van der Waals surface area contributed by atoms with Crippen LogP contribution in [0.2, 0.25) is 0 Å². The maximum Gasteiger partial charge on any atom is 0.311 e. The van der Waals surface area contributed by atoms with E-state index in [4.69, 9.17) is 4.74 Å². The first-order valence-corrected chi connectivity index (χ1v) is 8.34. The predicted molar refractivity (Wildman–Crippen MR) is 91.8 cm³/mol. The zero-order valence-corrected chi connectivity index (χ0v) is 14.5. The molecule has 1 aliphatic rings. The lowest BCUT2D eigenvalue weighted by Gasteiger charge is -2.24. The zero-order valence-electron chi connectivity index (χ0n) is 14.5. The van der Waals surface area contributed by atoms with E-state index in [2.05, 4.69) is 24.8 Å². The second-order valence-electron chi connectivity index (χ2n) is 5.80. The summed E-state index contributed by atoms with van der Waals surface area (Å²) in [6, 6.07) is 6.13. The molecule has 5 nitrogen and oxygen atoms in total. The number of amides is 1. The third kappa shape index (κ3) is 3.66. The lowest BCUT2D eigenvalue weighted by molar-refractivity contribution is -0.147. The van der Waals surface area contributed by atoms with Crippen LogP contribution in [0.5, 0.6) is 0 Å². The molecule has 1 aliphatic heterocycles. The molecule has 0 spiro atoms. The number of benzene rings is 1. The molecule has 1 heterocycles. The molecule has 0 aromatic heterocycles. The summed E-state index contributed by atoms with van der Waals surface area (Å²) in [5, 5.41) is 0. The van der Waals surface area contributed by atoms with Gasteiger partial charge in [0.1, 0.15) is 0 Å². The summed E-state index contributed by atoms with van der Waals surface area (Å²) < 4.78 is 5.04. The van der Waals surface area contributed by atoms with Crippen molar-refractivity contribution in [1.82, 2.24) is 0 Å². The highest BCUT2D eigenvalue weighted by Crippen LogP contribution is 2.31. The summed E-state index contributed by atoms with van der Waals surface area (Å²) in [5.74, 6) is -0.646. The van der Waals surface area contributed by atoms with Gasteiger partial charge in [0.25, 0.3) is 0 Å². The molecule has 5 heteroatoms. The molecule has 126 valence electrons. The van der Waals surface area contributed by atoms with Gasteiger partial charge in [-0.25, -0.2) is 0 Å². The van der Waals surface area contributed by atoms with Gasteiger partial charge in [-0.2, -0.15) is 0 Å². The number of carbonyl (C=O) groups excluding carboxylic acids is 2. The number of esters is 1. The van der Waals surface area contributed by atoms with Gasteiger partial charge in [0.15, 0.2) is 0 Å². The third-order valence-electron chi connectivity index (χ3n) is 4.34. The van der Waals surface area contributed by atoms with Crippen LogP contribution in [0.15, 0.2) is 18.2 Å². The summed E-state index contributed by atoms with van der Waals surface area (Å²) in [6.07, 6.45) is 0.232. The molecule has 2 rings (SSSR count). The molecular formula is C18H26N2O3. The Kier molecular flexibility index (Phi) is 5.64. The van der Waals surface area contributed by atoms with Crippen LogP contribution in [0.1, 0.15) is 32.8 Å². The molecule has 1 amide bonds. The average Bonchev–Trinajstić information content (AvgIpc) is 2.91. The molecular weight excluding hydrogens is 292 g/mol. The van der Waals surface area contributed by atoms with Crippen molar-refractivity contribution in [2.45, 2.75) is 34.1 Å². The predicted octanol–water partition coefficient (Wildman–Crippen LogP) is 2.76. The average molecular weight is 318 g/mol.